The summed E-state index contributed by atoms with van der Waals surface area (Å²) >= 11 is 0. The highest BCUT2D eigenvalue weighted by molar-refractivity contribution is 6.12. The van der Waals surface area contributed by atoms with Crippen LogP contribution in [0.5, 0.6) is 0 Å². The maximum atomic E-state index is 13.2. The maximum absolute atomic E-state index is 13.2. The van der Waals surface area contributed by atoms with E-state index in [1.165, 1.54) is 22.9 Å². The van der Waals surface area contributed by atoms with Crippen LogP contribution in [0.2, 0.25) is 0 Å². The second-order valence-corrected chi connectivity index (χ2v) is 9.42. The Morgan fingerprint density at radius 1 is 1.19 bits per heavy atom. The molecular formula is C26H35IN2O2. The Hall–Kier alpha value is -1.63. The van der Waals surface area contributed by atoms with Gasteiger partial charge in [-0.2, -0.15) is 0 Å². The van der Waals surface area contributed by atoms with Crippen LogP contribution in [-0.2, 0) is 9.53 Å². The lowest BCUT2D eigenvalue weighted by Crippen LogP contribution is -3.00. The standard InChI is InChI=1S/C26H35N2O2.HI/c1-6-24-27(5)21-11-7-9-19-10-8-12-22(26(19)21)28(24)16-25(29)30-23-15-18(4)13-14-20(23)17(2)3;/h7-12,17-18,20,23H,6,13-16H2,1-5H3;1H/q+1;/p-1/t18-,20+,23?;/m1./s1. The van der Waals surface area contributed by atoms with E-state index < -0.39 is 0 Å². The number of halogens is 1. The van der Waals surface area contributed by atoms with E-state index >= 15 is 0 Å². The van der Waals surface area contributed by atoms with Crippen LogP contribution in [0, 0.1) is 17.8 Å². The van der Waals surface area contributed by atoms with Gasteiger partial charge in [0.15, 0.2) is 6.54 Å². The fraction of sp³-hybridized carbons (Fsp3) is 0.538. The zero-order chi connectivity index (χ0) is 21.4. The van der Waals surface area contributed by atoms with Crippen molar-refractivity contribution in [2.45, 2.75) is 59.5 Å². The molecule has 1 saturated carbocycles. The Bertz CT molecular complexity index is 979. The second-order valence-electron chi connectivity index (χ2n) is 9.42. The van der Waals surface area contributed by atoms with Crippen molar-refractivity contribution >= 4 is 34.0 Å². The van der Waals surface area contributed by atoms with Gasteiger partial charge in [0.1, 0.15) is 17.5 Å². The van der Waals surface area contributed by atoms with E-state index in [9.17, 15) is 4.79 Å². The summed E-state index contributed by atoms with van der Waals surface area (Å²) in [6.07, 6.45) is 4.26. The van der Waals surface area contributed by atoms with E-state index in [4.69, 9.17) is 4.74 Å². The minimum Gasteiger partial charge on any atom is -1.00 e. The van der Waals surface area contributed by atoms with E-state index in [1.54, 1.807) is 0 Å². The smallest absolute Gasteiger partial charge is 0.348 e. The zero-order valence-electron chi connectivity index (χ0n) is 19.4. The molecule has 1 aliphatic heterocycles. The van der Waals surface area contributed by atoms with Gasteiger partial charge in [0.25, 0.3) is 5.84 Å². The number of ether oxygens (including phenoxy) is 1. The van der Waals surface area contributed by atoms with Gasteiger partial charge in [-0.25, -0.2) is 14.3 Å². The third-order valence-corrected chi connectivity index (χ3v) is 7.06. The number of benzene rings is 2. The van der Waals surface area contributed by atoms with Crippen LogP contribution in [0.1, 0.15) is 53.4 Å². The Morgan fingerprint density at radius 2 is 1.90 bits per heavy atom. The largest absolute Gasteiger partial charge is 1.00 e. The van der Waals surface area contributed by atoms with Crippen molar-refractivity contribution in [1.29, 1.82) is 0 Å². The average molecular weight is 534 g/mol. The van der Waals surface area contributed by atoms with Gasteiger partial charge in [-0.1, -0.05) is 58.4 Å². The lowest BCUT2D eigenvalue weighted by molar-refractivity contribution is -0.406. The van der Waals surface area contributed by atoms with Crippen molar-refractivity contribution < 1.29 is 38.1 Å². The molecule has 1 aliphatic carbocycles. The minimum atomic E-state index is -0.115. The molecule has 168 valence electrons. The molecule has 2 aromatic rings. The lowest BCUT2D eigenvalue weighted by Gasteiger charge is -2.37. The molecule has 0 N–H and O–H groups in total. The van der Waals surface area contributed by atoms with Crippen LogP contribution in [-0.4, -0.2) is 36.1 Å². The molecule has 3 atom stereocenters. The molecule has 1 unspecified atom stereocenters. The molecule has 31 heavy (non-hydrogen) atoms. The van der Waals surface area contributed by atoms with Crippen molar-refractivity contribution in [3.8, 4) is 0 Å². The molecule has 0 saturated heterocycles. The van der Waals surface area contributed by atoms with Crippen molar-refractivity contribution in [2.75, 3.05) is 18.5 Å². The monoisotopic (exact) mass is 534 g/mol. The van der Waals surface area contributed by atoms with E-state index in [-0.39, 0.29) is 42.6 Å². The number of hydrogen-bond donors (Lipinski definition) is 0. The number of hydrogen-bond acceptors (Lipinski definition) is 3. The highest BCUT2D eigenvalue weighted by Crippen LogP contribution is 2.39. The third kappa shape index (κ3) is 4.62. The Balaban J connectivity index is 0.00000272. The Morgan fingerprint density at radius 3 is 2.58 bits per heavy atom. The van der Waals surface area contributed by atoms with Crippen molar-refractivity contribution in [1.82, 2.24) is 0 Å². The number of carbonyl (C=O) groups excluding carboxylic acids is 1. The SMILES string of the molecule is CCC1=[N+](C)c2cccc3cccc(c23)N1CC(=O)OC1C[C@H](C)CC[C@H]1C(C)C.[I-]. The van der Waals surface area contributed by atoms with Crippen LogP contribution in [0.4, 0.5) is 11.4 Å². The number of anilines is 1. The highest BCUT2D eigenvalue weighted by atomic mass is 127. The van der Waals surface area contributed by atoms with E-state index in [1.807, 2.05) is 0 Å². The van der Waals surface area contributed by atoms with Crippen LogP contribution >= 0.6 is 0 Å². The summed E-state index contributed by atoms with van der Waals surface area (Å²) in [6.45, 7) is 9.19. The molecule has 4 nitrogen and oxygen atoms in total. The van der Waals surface area contributed by atoms with Gasteiger partial charge in [-0.15, -0.1) is 0 Å². The van der Waals surface area contributed by atoms with Gasteiger partial charge < -0.3 is 28.7 Å². The quantitative estimate of drug-likeness (QED) is 0.336. The van der Waals surface area contributed by atoms with Crippen molar-refractivity contribution in [3.63, 3.8) is 0 Å². The summed E-state index contributed by atoms with van der Waals surface area (Å²) in [6, 6.07) is 12.7. The van der Waals surface area contributed by atoms with Crippen molar-refractivity contribution in [3.05, 3.63) is 36.4 Å². The maximum Gasteiger partial charge on any atom is 0.348 e. The third-order valence-electron chi connectivity index (χ3n) is 7.06. The zero-order valence-corrected chi connectivity index (χ0v) is 21.6. The summed E-state index contributed by atoms with van der Waals surface area (Å²) in [5.74, 6) is 2.64. The van der Waals surface area contributed by atoms with Gasteiger partial charge >= 0.3 is 5.97 Å². The Labute approximate surface area is 203 Å². The molecule has 5 heteroatoms. The molecule has 0 aromatic heterocycles. The molecule has 4 rings (SSSR count). The molecule has 2 aromatic carbocycles. The van der Waals surface area contributed by atoms with Gasteiger partial charge in [0, 0.05) is 6.42 Å². The Kier molecular flexibility index (Phi) is 7.66. The van der Waals surface area contributed by atoms with Gasteiger partial charge in [-0.3, -0.25) is 0 Å². The first kappa shape index (κ1) is 24.0. The summed E-state index contributed by atoms with van der Waals surface area (Å²) in [7, 11) is 2.10. The fourth-order valence-electron chi connectivity index (χ4n) is 5.46. The van der Waals surface area contributed by atoms with Gasteiger partial charge in [0.2, 0.25) is 0 Å². The molecular weight excluding hydrogens is 499 g/mol. The first-order valence-corrected chi connectivity index (χ1v) is 11.5. The molecule has 0 spiro atoms. The predicted molar refractivity (Wildman–Crippen MR) is 124 cm³/mol. The van der Waals surface area contributed by atoms with E-state index in [0.717, 1.165) is 30.8 Å². The number of amidine groups is 1. The van der Waals surface area contributed by atoms with Gasteiger partial charge in [-0.05, 0) is 48.1 Å². The normalized spacial score (nSPS) is 23.2. The number of rotatable bonds is 5. The summed E-state index contributed by atoms with van der Waals surface area (Å²) in [5, 5.41) is 2.41. The van der Waals surface area contributed by atoms with Gasteiger partial charge in [0.05, 0.1) is 12.4 Å². The molecule has 1 fully saturated rings. The van der Waals surface area contributed by atoms with Crippen LogP contribution in [0.25, 0.3) is 10.8 Å². The molecule has 0 radical (unpaired) electrons. The van der Waals surface area contributed by atoms with E-state index in [0.29, 0.717) is 17.8 Å². The second kappa shape index (κ2) is 9.88. The average Bonchev–Trinajstić information content (AvgIpc) is 2.71. The molecule has 1 heterocycles. The summed E-state index contributed by atoms with van der Waals surface area (Å²) in [5.41, 5.74) is 2.30. The van der Waals surface area contributed by atoms with Crippen LogP contribution in [0.3, 0.4) is 0 Å². The highest BCUT2D eigenvalue weighted by Gasteiger charge is 2.37. The first-order valence-electron chi connectivity index (χ1n) is 11.5. The topological polar surface area (TPSA) is 32.5 Å². The molecule has 0 bridgehead atoms. The summed E-state index contributed by atoms with van der Waals surface area (Å²) in [4.78, 5) is 15.3. The molecule has 0 amide bonds. The number of carbonyl (C=O) groups is 1. The van der Waals surface area contributed by atoms with Crippen molar-refractivity contribution in [2.24, 2.45) is 17.8 Å². The lowest BCUT2D eigenvalue weighted by atomic mass is 9.75. The van der Waals surface area contributed by atoms with E-state index in [2.05, 4.69) is 80.6 Å². The summed E-state index contributed by atoms with van der Waals surface area (Å²) < 4.78 is 8.36. The van der Waals surface area contributed by atoms with Crippen LogP contribution in [0.15, 0.2) is 36.4 Å². The fourth-order valence-corrected chi connectivity index (χ4v) is 5.46. The predicted octanol–water partition coefficient (Wildman–Crippen LogP) is 2.75. The minimum absolute atomic E-state index is 0. The van der Waals surface area contributed by atoms with Crippen LogP contribution < -0.4 is 28.9 Å². The number of nitrogens with zero attached hydrogens (tertiary/aromatic N) is 2. The number of esters is 1. The molecule has 2 aliphatic rings. The first-order chi connectivity index (χ1) is 14.4.